The van der Waals surface area contributed by atoms with Gasteiger partial charge < -0.3 is 24.6 Å². The van der Waals surface area contributed by atoms with Crippen LogP contribution in [-0.2, 0) is 16.0 Å². The number of carbonyl (C=O) groups excluding carboxylic acids is 1. The lowest BCUT2D eigenvalue weighted by atomic mass is 10.1. The fraction of sp³-hybridized carbons (Fsp3) is 0.263. The van der Waals surface area contributed by atoms with Crippen molar-refractivity contribution in [3.05, 3.63) is 53.6 Å². The van der Waals surface area contributed by atoms with Gasteiger partial charge in [-0.3, -0.25) is 4.79 Å². The maximum Gasteiger partial charge on any atom is 0.335 e. The molecule has 2 aromatic carbocycles. The van der Waals surface area contributed by atoms with Crippen molar-refractivity contribution >= 4 is 17.6 Å². The molecule has 0 saturated heterocycles. The quantitative estimate of drug-likeness (QED) is 0.669. The predicted octanol–water partition coefficient (Wildman–Crippen LogP) is 2.60. The van der Waals surface area contributed by atoms with Gasteiger partial charge in [0, 0.05) is 18.9 Å². The molecule has 2 aromatic rings. The van der Waals surface area contributed by atoms with E-state index in [1.807, 2.05) is 0 Å². The smallest absolute Gasteiger partial charge is 0.335 e. The average Bonchev–Trinajstić information content (AvgIpc) is 2.62. The molecule has 26 heavy (non-hydrogen) atoms. The van der Waals surface area contributed by atoms with Crippen molar-refractivity contribution < 1.29 is 28.9 Å². The van der Waals surface area contributed by atoms with E-state index in [-0.39, 0.29) is 17.9 Å². The molecule has 2 N–H and O–H groups in total. The van der Waals surface area contributed by atoms with Crippen molar-refractivity contribution in [2.45, 2.75) is 6.42 Å². The molecule has 0 heterocycles. The fourth-order valence-corrected chi connectivity index (χ4v) is 2.31. The van der Waals surface area contributed by atoms with Gasteiger partial charge >= 0.3 is 5.97 Å². The van der Waals surface area contributed by atoms with Crippen LogP contribution in [0.4, 0.5) is 5.69 Å². The van der Waals surface area contributed by atoms with E-state index in [1.165, 1.54) is 19.2 Å². The maximum atomic E-state index is 12.2. The Balaban J connectivity index is 2.05. The highest BCUT2D eigenvalue weighted by atomic mass is 16.5. The third kappa shape index (κ3) is 5.49. The van der Waals surface area contributed by atoms with Gasteiger partial charge in [-0.25, -0.2) is 4.79 Å². The number of aromatic carboxylic acids is 1. The summed E-state index contributed by atoms with van der Waals surface area (Å²) in [4.78, 5) is 23.2. The van der Waals surface area contributed by atoms with E-state index in [4.69, 9.17) is 19.3 Å². The Morgan fingerprint density at radius 1 is 1.04 bits per heavy atom. The Labute approximate surface area is 151 Å². The van der Waals surface area contributed by atoms with E-state index in [0.29, 0.717) is 36.0 Å². The van der Waals surface area contributed by atoms with Crippen molar-refractivity contribution in [2.24, 2.45) is 0 Å². The molecule has 0 fully saturated rings. The van der Waals surface area contributed by atoms with Gasteiger partial charge in [0.1, 0.15) is 6.61 Å². The topological polar surface area (TPSA) is 94.1 Å². The van der Waals surface area contributed by atoms with E-state index in [9.17, 15) is 9.59 Å². The van der Waals surface area contributed by atoms with E-state index in [0.717, 1.165) is 0 Å². The van der Waals surface area contributed by atoms with Gasteiger partial charge in [0.05, 0.1) is 25.7 Å². The van der Waals surface area contributed by atoms with Crippen molar-refractivity contribution in [3.8, 4) is 11.5 Å². The van der Waals surface area contributed by atoms with E-state index in [1.54, 1.807) is 37.4 Å². The molecule has 0 saturated carbocycles. The average molecular weight is 359 g/mol. The summed E-state index contributed by atoms with van der Waals surface area (Å²) in [6, 6.07) is 11.4. The highest BCUT2D eigenvalue weighted by Gasteiger charge is 2.10. The molecule has 7 nitrogen and oxygen atoms in total. The SMILES string of the molecule is COCCOc1cc(NC(=O)Cc2cccc(C(=O)O)c2)ccc1OC. The number of carboxylic acid groups (broad SMARTS) is 1. The van der Waals surface area contributed by atoms with Gasteiger partial charge in [-0.1, -0.05) is 12.1 Å². The van der Waals surface area contributed by atoms with Gasteiger partial charge in [-0.2, -0.15) is 0 Å². The number of carbonyl (C=O) groups is 2. The summed E-state index contributed by atoms with van der Waals surface area (Å²) >= 11 is 0. The van der Waals surface area contributed by atoms with Gasteiger partial charge in [-0.05, 0) is 29.8 Å². The first kappa shape index (κ1) is 19.3. The predicted molar refractivity (Wildman–Crippen MR) is 96.1 cm³/mol. The highest BCUT2D eigenvalue weighted by Crippen LogP contribution is 2.30. The monoisotopic (exact) mass is 359 g/mol. The van der Waals surface area contributed by atoms with Crippen LogP contribution in [-0.4, -0.2) is 44.4 Å². The van der Waals surface area contributed by atoms with Gasteiger partial charge in [0.15, 0.2) is 11.5 Å². The minimum absolute atomic E-state index is 0.0625. The molecule has 0 aromatic heterocycles. The molecule has 0 bridgehead atoms. The number of amides is 1. The Kier molecular flexibility index (Phi) is 6.99. The number of methoxy groups -OCH3 is 2. The minimum atomic E-state index is -1.03. The Morgan fingerprint density at radius 2 is 1.85 bits per heavy atom. The zero-order valence-corrected chi connectivity index (χ0v) is 14.7. The fourth-order valence-electron chi connectivity index (χ4n) is 2.31. The molecule has 138 valence electrons. The summed E-state index contributed by atoms with van der Waals surface area (Å²) in [7, 11) is 3.11. The summed E-state index contributed by atoms with van der Waals surface area (Å²) in [5.74, 6) is -0.246. The second kappa shape index (κ2) is 9.43. The lowest BCUT2D eigenvalue weighted by molar-refractivity contribution is -0.115. The lowest BCUT2D eigenvalue weighted by Gasteiger charge is -2.13. The molecule has 0 aliphatic heterocycles. The Morgan fingerprint density at radius 3 is 2.54 bits per heavy atom. The van der Waals surface area contributed by atoms with Crippen LogP contribution in [0.1, 0.15) is 15.9 Å². The number of anilines is 1. The summed E-state index contributed by atoms with van der Waals surface area (Å²) in [5, 5.41) is 11.8. The van der Waals surface area contributed by atoms with Crippen LogP contribution in [0.5, 0.6) is 11.5 Å². The molecule has 1 amide bonds. The molecule has 7 heteroatoms. The van der Waals surface area contributed by atoms with Crippen molar-refractivity contribution in [1.82, 2.24) is 0 Å². The van der Waals surface area contributed by atoms with Gasteiger partial charge in [-0.15, -0.1) is 0 Å². The molecule has 0 atom stereocenters. The largest absolute Gasteiger partial charge is 0.493 e. The molecular weight excluding hydrogens is 338 g/mol. The normalized spacial score (nSPS) is 10.2. The molecule has 0 radical (unpaired) electrons. The van der Waals surface area contributed by atoms with Crippen LogP contribution in [0.2, 0.25) is 0 Å². The number of nitrogens with one attached hydrogen (secondary N) is 1. The lowest BCUT2D eigenvalue weighted by Crippen LogP contribution is -2.15. The first-order valence-corrected chi connectivity index (χ1v) is 7.95. The van der Waals surface area contributed by atoms with Crippen molar-refractivity contribution in [3.63, 3.8) is 0 Å². The molecule has 0 spiro atoms. The van der Waals surface area contributed by atoms with Gasteiger partial charge in [0.25, 0.3) is 0 Å². The van der Waals surface area contributed by atoms with Crippen LogP contribution in [0.15, 0.2) is 42.5 Å². The first-order valence-electron chi connectivity index (χ1n) is 7.95. The Bertz CT molecular complexity index is 774. The second-order valence-corrected chi connectivity index (χ2v) is 5.44. The van der Waals surface area contributed by atoms with E-state index in [2.05, 4.69) is 5.32 Å². The number of hydrogen-bond donors (Lipinski definition) is 2. The van der Waals surface area contributed by atoms with Crippen LogP contribution < -0.4 is 14.8 Å². The van der Waals surface area contributed by atoms with Crippen LogP contribution >= 0.6 is 0 Å². The highest BCUT2D eigenvalue weighted by molar-refractivity contribution is 5.93. The number of benzene rings is 2. The third-order valence-electron chi connectivity index (χ3n) is 3.53. The van der Waals surface area contributed by atoms with Crippen LogP contribution in [0, 0.1) is 0 Å². The minimum Gasteiger partial charge on any atom is -0.493 e. The number of ether oxygens (including phenoxy) is 3. The van der Waals surface area contributed by atoms with Crippen molar-refractivity contribution in [1.29, 1.82) is 0 Å². The summed E-state index contributed by atoms with van der Waals surface area (Å²) in [6.45, 7) is 0.784. The number of hydrogen-bond acceptors (Lipinski definition) is 5. The Hall–Kier alpha value is -3.06. The van der Waals surface area contributed by atoms with E-state index >= 15 is 0 Å². The standard InChI is InChI=1S/C19H21NO6/c1-24-8-9-26-17-12-15(6-7-16(17)25-2)20-18(21)11-13-4-3-5-14(10-13)19(22)23/h3-7,10,12H,8-9,11H2,1-2H3,(H,20,21)(H,22,23). The molecule has 2 rings (SSSR count). The zero-order chi connectivity index (χ0) is 18.9. The molecule has 0 aliphatic carbocycles. The van der Waals surface area contributed by atoms with Crippen LogP contribution in [0.25, 0.3) is 0 Å². The van der Waals surface area contributed by atoms with Gasteiger partial charge in [0.2, 0.25) is 5.91 Å². The second-order valence-electron chi connectivity index (χ2n) is 5.44. The third-order valence-corrected chi connectivity index (χ3v) is 3.53. The number of carboxylic acids is 1. The maximum absolute atomic E-state index is 12.2. The number of rotatable bonds is 9. The summed E-state index contributed by atoms with van der Waals surface area (Å²) in [6.07, 6.45) is 0.0625. The zero-order valence-electron chi connectivity index (χ0n) is 14.7. The first-order chi connectivity index (χ1) is 12.5. The molecule has 0 aliphatic rings. The summed E-state index contributed by atoms with van der Waals surface area (Å²) in [5.41, 5.74) is 1.32. The molecular formula is C19H21NO6. The summed E-state index contributed by atoms with van der Waals surface area (Å²) < 4.78 is 15.8. The van der Waals surface area contributed by atoms with E-state index < -0.39 is 5.97 Å². The molecule has 0 unspecified atom stereocenters. The van der Waals surface area contributed by atoms with Crippen LogP contribution in [0.3, 0.4) is 0 Å². The van der Waals surface area contributed by atoms with Crippen molar-refractivity contribution in [2.75, 3.05) is 32.8 Å².